The van der Waals surface area contributed by atoms with Crippen LogP contribution in [0, 0.1) is 0 Å². The molecule has 0 saturated carbocycles. The van der Waals surface area contributed by atoms with E-state index in [1.807, 2.05) is 6.92 Å². The molecule has 0 aliphatic rings. The molecule has 0 aliphatic heterocycles. The minimum absolute atomic E-state index is 0.0695. The van der Waals surface area contributed by atoms with Crippen LogP contribution in [0.2, 0.25) is 0 Å². The molecule has 0 heterocycles. The third-order valence-electron chi connectivity index (χ3n) is 2.26. The second-order valence-corrected chi connectivity index (χ2v) is 3.41. The predicted octanol–water partition coefficient (Wildman–Crippen LogP) is 1.71. The number of carboxylic acid groups (broad SMARTS) is 1. The number of carbonyl (C=O) groups is 1. The van der Waals surface area contributed by atoms with Crippen molar-refractivity contribution in [2.24, 2.45) is 0 Å². The van der Waals surface area contributed by atoms with Gasteiger partial charge in [-0.1, -0.05) is 13.0 Å². The molecular weight excluding hydrogens is 208 g/mol. The van der Waals surface area contributed by atoms with E-state index in [1.54, 1.807) is 12.1 Å². The molecule has 0 saturated heterocycles. The van der Waals surface area contributed by atoms with E-state index in [-0.39, 0.29) is 12.2 Å². The summed E-state index contributed by atoms with van der Waals surface area (Å²) < 4.78 is 5.44. The number of ether oxygens (including phenoxy) is 1. The average Bonchev–Trinajstić information content (AvgIpc) is 2.29. The fourth-order valence-electron chi connectivity index (χ4n) is 1.36. The van der Waals surface area contributed by atoms with Gasteiger partial charge >= 0.3 is 5.97 Å². The summed E-state index contributed by atoms with van der Waals surface area (Å²) in [5.74, 6) is -0.370. The number of aryl methyl sites for hydroxylation is 1. The van der Waals surface area contributed by atoms with E-state index in [0.29, 0.717) is 18.8 Å². The zero-order valence-corrected chi connectivity index (χ0v) is 9.27. The Balaban J connectivity index is 2.84. The number of benzene rings is 1. The lowest BCUT2D eigenvalue weighted by Gasteiger charge is -2.10. The predicted molar refractivity (Wildman–Crippen MR) is 60.0 cm³/mol. The molecule has 0 fully saturated rings. The van der Waals surface area contributed by atoms with Crippen LogP contribution in [0.25, 0.3) is 0 Å². The van der Waals surface area contributed by atoms with Crippen LogP contribution in [0.5, 0.6) is 5.75 Å². The van der Waals surface area contributed by atoms with E-state index in [2.05, 4.69) is 0 Å². The molecule has 0 unspecified atom stereocenters. The number of hydrogen-bond acceptors (Lipinski definition) is 3. The first kappa shape index (κ1) is 12.5. The summed E-state index contributed by atoms with van der Waals surface area (Å²) in [4.78, 5) is 10.8. The van der Waals surface area contributed by atoms with Crippen molar-refractivity contribution in [3.05, 3.63) is 29.3 Å². The van der Waals surface area contributed by atoms with E-state index in [9.17, 15) is 4.79 Å². The topological polar surface area (TPSA) is 66.8 Å². The monoisotopic (exact) mass is 224 g/mol. The first-order chi connectivity index (χ1) is 7.69. The fourth-order valence-corrected chi connectivity index (χ4v) is 1.36. The number of rotatable bonds is 6. The van der Waals surface area contributed by atoms with Crippen LogP contribution < -0.4 is 4.74 Å². The van der Waals surface area contributed by atoms with E-state index < -0.39 is 5.97 Å². The van der Waals surface area contributed by atoms with E-state index in [4.69, 9.17) is 14.9 Å². The Labute approximate surface area is 94.5 Å². The highest BCUT2D eigenvalue weighted by Crippen LogP contribution is 2.21. The molecular formula is C12H16O4. The molecule has 88 valence electrons. The molecule has 2 N–H and O–H groups in total. The third kappa shape index (κ3) is 3.24. The third-order valence-corrected chi connectivity index (χ3v) is 2.26. The van der Waals surface area contributed by atoms with Crippen LogP contribution in [0.15, 0.2) is 18.2 Å². The molecule has 16 heavy (non-hydrogen) atoms. The lowest BCUT2D eigenvalue weighted by atomic mass is 10.1. The number of aromatic carboxylic acids is 1. The number of carboxylic acids is 1. The van der Waals surface area contributed by atoms with Crippen molar-refractivity contribution in [2.75, 3.05) is 13.2 Å². The van der Waals surface area contributed by atoms with Crippen LogP contribution >= 0.6 is 0 Å². The van der Waals surface area contributed by atoms with Crippen LogP contribution in [-0.2, 0) is 6.42 Å². The molecule has 4 nitrogen and oxygen atoms in total. The number of hydrogen-bond donors (Lipinski definition) is 2. The maximum Gasteiger partial charge on any atom is 0.335 e. The Kier molecular flexibility index (Phi) is 4.79. The van der Waals surface area contributed by atoms with Crippen molar-refractivity contribution in [3.63, 3.8) is 0 Å². The lowest BCUT2D eigenvalue weighted by Crippen LogP contribution is -2.04. The van der Waals surface area contributed by atoms with Gasteiger partial charge in [0.25, 0.3) is 0 Å². The minimum atomic E-state index is -0.963. The maximum atomic E-state index is 10.8. The van der Waals surface area contributed by atoms with E-state index in [0.717, 1.165) is 12.0 Å². The average molecular weight is 224 g/mol. The van der Waals surface area contributed by atoms with E-state index in [1.165, 1.54) is 6.07 Å². The summed E-state index contributed by atoms with van der Waals surface area (Å²) in [5.41, 5.74) is 1.19. The van der Waals surface area contributed by atoms with Crippen LogP contribution in [0.1, 0.15) is 29.3 Å². The highest BCUT2D eigenvalue weighted by molar-refractivity contribution is 5.88. The molecule has 0 aliphatic carbocycles. The SMILES string of the molecule is CCc1ccc(C(=O)O)cc1OCCCO. The zero-order valence-electron chi connectivity index (χ0n) is 9.27. The van der Waals surface area contributed by atoms with Crippen molar-refractivity contribution in [1.29, 1.82) is 0 Å². The summed E-state index contributed by atoms with van der Waals surface area (Å²) >= 11 is 0. The van der Waals surface area contributed by atoms with Gasteiger partial charge in [0.05, 0.1) is 12.2 Å². The highest BCUT2D eigenvalue weighted by atomic mass is 16.5. The van der Waals surface area contributed by atoms with Crippen LogP contribution in [0.3, 0.4) is 0 Å². The van der Waals surface area contributed by atoms with Crippen molar-refractivity contribution in [3.8, 4) is 5.75 Å². The van der Waals surface area contributed by atoms with Gasteiger partial charge in [-0.15, -0.1) is 0 Å². The standard InChI is InChI=1S/C12H16O4/c1-2-9-4-5-10(12(14)15)8-11(9)16-7-3-6-13/h4-5,8,13H,2-3,6-7H2,1H3,(H,14,15). The van der Waals surface area contributed by atoms with E-state index >= 15 is 0 Å². The van der Waals surface area contributed by atoms with Gasteiger partial charge in [0.15, 0.2) is 0 Å². The van der Waals surface area contributed by atoms with Gasteiger partial charge in [-0.3, -0.25) is 0 Å². The van der Waals surface area contributed by atoms with Gasteiger partial charge < -0.3 is 14.9 Å². The molecule has 1 rings (SSSR count). The van der Waals surface area contributed by atoms with Gasteiger partial charge in [-0.25, -0.2) is 4.79 Å². The Bertz CT molecular complexity index is 360. The number of aliphatic hydroxyl groups is 1. The van der Waals surface area contributed by atoms with Gasteiger partial charge in [0, 0.05) is 13.0 Å². The van der Waals surface area contributed by atoms with Gasteiger partial charge in [-0.05, 0) is 24.1 Å². The normalized spacial score (nSPS) is 10.1. The molecule has 0 bridgehead atoms. The quantitative estimate of drug-likeness (QED) is 0.722. The molecule has 0 atom stereocenters. The smallest absolute Gasteiger partial charge is 0.335 e. The summed E-state index contributed by atoms with van der Waals surface area (Å²) in [7, 11) is 0. The summed E-state index contributed by atoms with van der Waals surface area (Å²) in [6, 6.07) is 4.86. The first-order valence-electron chi connectivity index (χ1n) is 5.29. The van der Waals surface area contributed by atoms with Gasteiger partial charge in [0.2, 0.25) is 0 Å². The van der Waals surface area contributed by atoms with Crippen molar-refractivity contribution in [1.82, 2.24) is 0 Å². The second kappa shape index (κ2) is 6.12. The fraction of sp³-hybridized carbons (Fsp3) is 0.417. The Morgan fingerprint density at radius 2 is 2.19 bits per heavy atom. The first-order valence-corrected chi connectivity index (χ1v) is 5.29. The maximum absolute atomic E-state index is 10.8. The summed E-state index contributed by atoms with van der Waals surface area (Å²) in [5, 5.41) is 17.5. The summed E-state index contributed by atoms with van der Waals surface area (Å²) in [6.45, 7) is 2.45. The molecule has 0 aromatic heterocycles. The molecule has 0 radical (unpaired) electrons. The van der Waals surface area contributed by atoms with Crippen LogP contribution in [0.4, 0.5) is 0 Å². The molecule has 1 aromatic carbocycles. The summed E-state index contributed by atoms with van der Waals surface area (Å²) in [6.07, 6.45) is 1.33. The Morgan fingerprint density at radius 1 is 1.44 bits per heavy atom. The Hall–Kier alpha value is -1.55. The number of aliphatic hydroxyl groups excluding tert-OH is 1. The van der Waals surface area contributed by atoms with Gasteiger partial charge in [-0.2, -0.15) is 0 Å². The molecule has 0 spiro atoms. The van der Waals surface area contributed by atoms with Crippen molar-refractivity contribution < 1.29 is 19.7 Å². The van der Waals surface area contributed by atoms with Gasteiger partial charge in [0.1, 0.15) is 5.75 Å². The lowest BCUT2D eigenvalue weighted by molar-refractivity contribution is 0.0696. The van der Waals surface area contributed by atoms with Crippen molar-refractivity contribution >= 4 is 5.97 Å². The largest absolute Gasteiger partial charge is 0.493 e. The minimum Gasteiger partial charge on any atom is -0.493 e. The molecule has 0 amide bonds. The second-order valence-electron chi connectivity index (χ2n) is 3.41. The Morgan fingerprint density at radius 3 is 2.75 bits per heavy atom. The molecule has 4 heteroatoms. The van der Waals surface area contributed by atoms with Crippen LogP contribution in [-0.4, -0.2) is 29.4 Å². The van der Waals surface area contributed by atoms with Crippen molar-refractivity contribution in [2.45, 2.75) is 19.8 Å². The molecule has 1 aromatic rings. The highest BCUT2D eigenvalue weighted by Gasteiger charge is 2.08. The zero-order chi connectivity index (χ0) is 12.0.